The van der Waals surface area contributed by atoms with Gasteiger partial charge in [0.25, 0.3) is 0 Å². The fourth-order valence-electron chi connectivity index (χ4n) is 2.55. The minimum absolute atomic E-state index is 0.196. The van der Waals surface area contributed by atoms with Crippen LogP contribution in [0.25, 0.3) is 22.4 Å². The molecule has 25 heavy (non-hydrogen) atoms. The SMILES string of the molecule is CCOc1cc2nc(-c3ccccc3OC)oc(=O)c2cc1OCC. The summed E-state index contributed by atoms with van der Waals surface area (Å²) >= 11 is 0. The molecule has 0 unspecified atom stereocenters. The molecule has 0 atom stereocenters. The van der Waals surface area contributed by atoms with Gasteiger partial charge in [-0.3, -0.25) is 0 Å². The van der Waals surface area contributed by atoms with E-state index in [1.165, 1.54) is 0 Å². The van der Waals surface area contributed by atoms with Gasteiger partial charge in [0.1, 0.15) is 5.75 Å². The fraction of sp³-hybridized carbons (Fsp3) is 0.263. The molecule has 6 heteroatoms. The molecule has 0 radical (unpaired) electrons. The van der Waals surface area contributed by atoms with E-state index in [9.17, 15) is 4.79 Å². The summed E-state index contributed by atoms with van der Waals surface area (Å²) in [5.74, 6) is 1.81. The van der Waals surface area contributed by atoms with E-state index in [2.05, 4.69) is 4.98 Å². The number of nitrogens with zero attached hydrogens (tertiary/aromatic N) is 1. The first-order chi connectivity index (χ1) is 12.2. The van der Waals surface area contributed by atoms with E-state index in [1.54, 1.807) is 31.4 Å². The first-order valence-corrected chi connectivity index (χ1v) is 8.05. The summed E-state index contributed by atoms with van der Waals surface area (Å²) in [5, 5.41) is 0.338. The van der Waals surface area contributed by atoms with Crippen LogP contribution in [-0.2, 0) is 0 Å². The van der Waals surface area contributed by atoms with E-state index in [4.69, 9.17) is 18.6 Å². The van der Waals surface area contributed by atoms with Crippen LogP contribution in [0.2, 0.25) is 0 Å². The molecule has 2 aromatic carbocycles. The van der Waals surface area contributed by atoms with E-state index in [1.807, 2.05) is 26.0 Å². The molecule has 0 bridgehead atoms. The average molecular weight is 341 g/mol. The quantitative estimate of drug-likeness (QED) is 0.681. The molecule has 6 nitrogen and oxygen atoms in total. The van der Waals surface area contributed by atoms with Crippen molar-refractivity contribution < 1.29 is 18.6 Å². The van der Waals surface area contributed by atoms with E-state index >= 15 is 0 Å². The molecule has 0 fully saturated rings. The first kappa shape index (κ1) is 16.8. The van der Waals surface area contributed by atoms with Crippen molar-refractivity contribution in [2.24, 2.45) is 0 Å². The van der Waals surface area contributed by atoms with Gasteiger partial charge in [0, 0.05) is 12.1 Å². The highest BCUT2D eigenvalue weighted by atomic mass is 16.5. The fourth-order valence-corrected chi connectivity index (χ4v) is 2.55. The molecular formula is C19H19NO5. The van der Waals surface area contributed by atoms with Crippen molar-refractivity contribution in [2.75, 3.05) is 20.3 Å². The van der Waals surface area contributed by atoms with Crippen LogP contribution in [0.4, 0.5) is 0 Å². The molecule has 130 valence electrons. The highest BCUT2D eigenvalue weighted by Crippen LogP contribution is 2.33. The van der Waals surface area contributed by atoms with Crippen LogP contribution >= 0.6 is 0 Å². The normalized spacial score (nSPS) is 10.7. The Bertz CT molecular complexity index is 948. The standard InChI is InChI=1S/C19H19NO5/c1-4-23-16-10-13-14(11-17(16)24-5-2)20-18(25-19(13)21)12-8-6-7-9-15(12)22-3/h6-11H,4-5H2,1-3H3. The second-order valence-electron chi connectivity index (χ2n) is 5.19. The van der Waals surface area contributed by atoms with Gasteiger partial charge < -0.3 is 18.6 Å². The van der Waals surface area contributed by atoms with Crippen molar-refractivity contribution in [1.29, 1.82) is 0 Å². The highest BCUT2D eigenvalue weighted by Gasteiger charge is 2.16. The molecule has 0 spiro atoms. The predicted molar refractivity (Wildman–Crippen MR) is 94.6 cm³/mol. The Morgan fingerprint density at radius 3 is 2.36 bits per heavy atom. The molecule has 3 rings (SSSR count). The number of benzene rings is 2. The molecule has 0 saturated carbocycles. The van der Waals surface area contributed by atoms with E-state index < -0.39 is 5.63 Å². The molecular weight excluding hydrogens is 322 g/mol. The summed E-state index contributed by atoms with van der Waals surface area (Å²) in [4.78, 5) is 16.9. The maximum Gasteiger partial charge on any atom is 0.347 e. The van der Waals surface area contributed by atoms with E-state index in [-0.39, 0.29) is 5.89 Å². The van der Waals surface area contributed by atoms with Crippen molar-refractivity contribution in [1.82, 2.24) is 4.98 Å². The van der Waals surface area contributed by atoms with Gasteiger partial charge in [-0.05, 0) is 26.0 Å². The zero-order valence-corrected chi connectivity index (χ0v) is 14.4. The van der Waals surface area contributed by atoms with Crippen LogP contribution < -0.4 is 19.8 Å². The summed E-state index contributed by atoms with van der Waals surface area (Å²) in [7, 11) is 1.56. The number of hydrogen-bond donors (Lipinski definition) is 0. The molecule has 3 aromatic rings. The Labute approximate surface area is 145 Å². The smallest absolute Gasteiger partial charge is 0.347 e. The van der Waals surface area contributed by atoms with Crippen molar-refractivity contribution in [3.63, 3.8) is 0 Å². The molecule has 0 aliphatic heterocycles. The average Bonchev–Trinajstić information content (AvgIpc) is 2.63. The third-order valence-corrected chi connectivity index (χ3v) is 3.63. The van der Waals surface area contributed by atoms with Gasteiger partial charge in [0.05, 0.1) is 36.8 Å². The lowest BCUT2D eigenvalue weighted by molar-refractivity contribution is 0.288. The number of aromatic nitrogens is 1. The van der Waals surface area contributed by atoms with Crippen LogP contribution in [0.1, 0.15) is 13.8 Å². The number of methoxy groups -OCH3 is 1. The maximum absolute atomic E-state index is 12.5. The lowest BCUT2D eigenvalue weighted by Crippen LogP contribution is -2.06. The summed E-state index contributed by atoms with van der Waals surface area (Å²) in [5.41, 5.74) is 0.592. The minimum Gasteiger partial charge on any atom is -0.496 e. The van der Waals surface area contributed by atoms with Gasteiger partial charge in [-0.1, -0.05) is 12.1 Å². The molecule has 1 heterocycles. The molecule has 0 aliphatic carbocycles. The van der Waals surface area contributed by atoms with Crippen LogP contribution in [-0.4, -0.2) is 25.3 Å². The molecule has 0 aliphatic rings. The van der Waals surface area contributed by atoms with Crippen LogP contribution in [0, 0.1) is 0 Å². The summed E-state index contributed by atoms with van der Waals surface area (Å²) < 4.78 is 21.9. The third kappa shape index (κ3) is 3.28. The Kier molecular flexibility index (Phi) is 4.88. The zero-order valence-electron chi connectivity index (χ0n) is 14.4. The molecule has 0 saturated heterocycles. The minimum atomic E-state index is -0.491. The van der Waals surface area contributed by atoms with Crippen molar-refractivity contribution >= 4 is 10.9 Å². The molecule has 0 amide bonds. The monoisotopic (exact) mass is 341 g/mol. The second-order valence-corrected chi connectivity index (χ2v) is 5.19. The number of ether oxygens (including phenoxy) is 3. The van der Waals surface area contributed by atoms with Gasteiger partial charge in [-0.25, -0.2) is 9.78 Å². The molecule has 1 aromatic heterocycles. The van der Waals surface area contributed by atoms with Gasteiger partial charge >= 0.3 is 5.63 Å². The summed E-state index contributed by atoms with van der Waals surface area (Å²) in [6.07, 6.45) is 0. The van der Waals surface area contributed by atoms with Gasteiger partial charge in [0.15, 0.2) is 11.5 Å². The van der Waals surface area contributed by atoms with Crippen molar-refractivity contribution in [3.05, 3.63) is 46.8 Å². The maximum atomic E-state index is 12.5. The largest absolute Gasteiger partial charge is 0.496 e. The summed E-state index contributed by atoms with van der Waals surface area (Å²) in [6, 6.07) is 10.5. The third-order valence-electron chi connectivity index (χ3n) is 3.63. The van der Waals surface area contributed by atoms with Crippen LogP contribution in [0.15, 0.2) is 45.6 Å². The lowest BCUT2D eigenvalue weighted by atomic mass is 10.2. The topological polar surface area (TPSA) is 70.8 Å². The first-order valence-electron chi connectivity index (χ1n) is 8.05. The Morgan fingerprint density at radius 1 is 1.00 bits per heavy atom. The number of fused-ring (bicyclic) bond motifs is 1. The Morgan fingerprint density at radius 2 is 1.68 bits per heavy atom. The zero-order chi connectivity index (χ0) is 17.8. The van der Waals surface area contributed by atoms with E-state index in [0.717, 1.165) is 0 Å². The highest BCUT2D eigenvalue weighted by molar-refractivity contribution is 5.83. The number of hydrogen-bond acceptors (Lipinski definition) is 6. The van der Waals surface area contributed by atoms with Gasteiger partial charge in [-0.15, -0.1) is 0 Å². The van der Waals surface area contributed by atoms with Gasteiger partial charge in [0.2, 0.25) is 5.89 Å². The van der Waals surface area contributed by atoms with Crippen molar-refractivity contribution in [2.45, 2.75) is 13.8 Å². The van der Waals surface area contributed by atoms with E-state index in [0.29, 0.717) is 46.9 Å². The van der Waals surface area contributed by atoms with Crippen LogP contribution in [0.3, 0.4) is 0 Å². The number of rotatable bonds is 6. The number of para-hydroxylation sites is 1. The summed E-state index contributed by atoms with van der Waals surface area (Å²) in [6.45, 7) is 4.69. The predicted octanol–water partition coefficient (Wildman–Crippen LogP) is 3.66. The Balaban J connectivity index is 2.21. The Hall–Kier alpha value is -3.02. The van der Waals surface area contributed by atoms with Crippen LogP contribution in [0.5, 0.6) is 17.2 Å². The second kappa shape index (κ2) is 7.25. The van der Waals surface area contributed by atoms with Crippen molar-refractivity contribution in [3.8, 4) is 28.7 Å². The molecule has 0 N–H and O–H groups in total. The van der Waals surface area contributed by atoms with Gasteiger partial charge in [-0.2, -0.15) is 0 Å². The lowest BCUT2D eigenvalue weighted by Gasteiger charge is -2.12.